The second kappa shape index (κ2) is 8.79. The van der Waals surface area contributed by atoms with Gasteiger partial charge in [-0.1, -0.05) is 19.1 Å². The molecule has 0 bridgehead atoms. The molecule has 8 heteroatoms. The van der Waals surface area contributed by atoms with Gasteiger partial charge in [0.15, 0.2) is 9.84 Å². The zero-order valence-electron chi connectivity index (χ0n) is 12.2. The maximum Gasteiger partial charge on any atom is 0.313 e. The Labute approximate surface area is 134 Å². The van der Waals surface area contributed by atoms with Crippen LogP contribution in [-0.4, -0.2) is 49.2 Å². The van der Waals surface area contributed by atoms with E-state index in [0.29, 0.717) is 12.3 Å². The quantitative estimate of drug-likeness (QED) is 0.647. The lowest BCUT2D eigenvalue weighted by molar-refractivity contribution is -0.133. The Bertz CT molecular complexity index is 611. The minimum Gasteiger partial charge on any atom is -0.481 e. The van der Waals surface area contributed by atoms with Crippen molar-refractivity contribution in [1.29, 1.82) is 0 Å². The minimum absolute atomic E-state index is 0.0171. The van der Waals surface area contributed by atoms with Crippen LogP contribution in [0, 0.1) is 0 Å². The number of nitrogens with one attached hydrogen (secondary N) is 1. The SMILES string of the molecule is CCS(=O)(=O)c1ccc(CC(=O)NCCSCC(=O)O)cc1. The standard InChI is InChI=1S/C14H19NO5S2/c1-2-22(19,20)12-5-3-11(4-6-12)9-13(16)15-7-8-21-10-14(17)18/h3-6H,2,7-10H2,1H3,(H,15,16)(H,17,18). The van der Waals surface area contributed by atoms with E-state index in [9.17, 15) is 18.0 Å². The van der Waals surface area contributed by atoms with Crippen LogP contribution < -0.4 is 5.32 Å². The van der Waals surface area contributed by atoms with E-state index in [4.69, 9.17) is 5.11 Å². The summed E-state index contributed by atoms with van der Waals surface area (Å²) in [5.74, 6) is -0.462. The molecule has 6 nitrogen and oxygen atoms in total. The summed E-state index contributed by atoms with van der Waals surface area (Å²) < 4.78 is 23.3. The number of carboxylic acids is 1. The fourth-order valence-corrected chi connectivity index (χ4v) is 3.10. The third-order valence-electron chi connectivity index (χ3n) is 2.82. The lowest BCUT2D eigenvalue weighted by Gasteiger charge is -2.06. The molecule has 122 valence electrons. The summed E-state index contributed by atoms with van der Waals surface area (Å²) in [5, 5.41) is 11.2. The van der Waals surface area contributed by atoms with Gasteiger partial charge in [-0.15, -0.1) is 11.8 Å². The van der Waals surface area contributed by atoms with E-state index in [-0.39, 0.29) is 28.7 Å². The molecule has 22 heavy (non-hydrogen) atoms. The van der Waals surface area contributed by atoms with Crippen LogP contribution in [0.4, 0.5) is 0 Å². The molecule has 0 aliphatic carbocycles. The molecule has 1 amide bonds. The van der Waals surface area contributed by atoms with Gasteiger partial charge in [-0.2, -0.15) is 0 Å². The van der Waals surface area contributed by atoms with E-state index < -0.39 is 15.8 Å². The average molecular weight is 345 g/mol. The Morgan fingerprint density at radius 1 is 1.23 bits per heavy atom. The molecule has 0 aromatic heterocycles. The van der Waals surface area contributed by atoms with Crippen molar-refractivity contribution in [3.8, 4) is 0 Å². The predicted molar refractivity (Wildman–Crippen MR) is 85.8 cm³/mol. The molecule has 1 aromatic rings. The molecule has 0 aliphatic heterocycles. The monoisotopic (exact) mass is 345 g/mol. The number of rotatable bonds is 9. The van der Waals surface area contributed by atoms with Crippen LogP contribution in [0.25, 0.3) is 0 Å². The van der Waals surface area contributed by atoms with Crippen molar-refractivity contribution in [3.63, 3.8) is 0 Å². The minimum atomic E-state index is -3.22. The molecule has 0 aliphatic rings. The zero-order valence-corrected chi connectivity index (χ0v) is 13.9. The van der Waals surface area contributed by atoms with Gasteiger partial charge in [0.2, 0.25) is 5.91 Å². The summed E-state index contributed by atoms with van der Waals surface area (Å²) in [5.41, 5.74) is 0.728. The van der Waals surface area contributed by atoms with Crippen molar-refractivity contribution in [2.24, 2.45) is 0 Å². The van der Waals surface area contributed by atoms with Crippen molar-refractivity contribution < 1.29 is 23.1 Å². The first-order chi connectivity index (χ1) is 10.3. The number of carbonyl (C=O) groups excluding carboxylic acids is 1. The molecule has 0 fully saturated rings. The van der Waals surface area contributed by atoms with E-state index in [1.54, 1.807) is 19.1 Å². The van der Waals surface area contributed by atoms with Gasteiger partial charge < -0.3 is 10.4 Å². The van der Waals surface area contributed by atoms with Gasteiger partial charge in [-0.05, 0) is 17.7 Å². The van der Waals surface area contributed by atoms with Crippen molar-refractivity contribution in [2.45, 2.75) is 18.2 Å². The Hall–Kier alpha value is -1.54. The fraction of sp³-hybridized carbons (Fsp3) is 0.429. The van der Waals surface area contributed by atoms with Gasteiger partial charge in [0, 0.05) is 12.3 Å². The Morgan fingerprint density at radius 3 is 2.41 bits per heavy atom. The lowest BCUT2D eigenvalue weighted by Crippen LogP contribution is -2.27. The van der Waals surface area contributed by atoms with Crippen LogP contribution in [0.5, 0.6) is 0 Å². The van der Waals surface area contributed by atoms with Crippen LogP contribution in [-0.2, 0) is 25.8 Å². The highest BCUT2D eigenvalue weighted by Crippen LogP contribution is 2.12. The van der Waals surface area contributed by atoms with E-state index in [1.807, 2.05) is 0 Å². The van der Waals surface area contributed by atoms with Crippen molar-refractivity contribution in [2.75, 3.05) is 23.8 Å². The molecule has 0 spiro atoms. The first kappa shape index (κ1) is 18.5. The topological polar surface area (TPSA) is 101 Å². The molecule has 0 radical (unpaired) electrons. The summed E-state index contributed by atoms with van der Waals surface area (Å²) in [6.45, 7) is 1.98. The number of benzene rings is 1. The first-order valence-electron chi connectivity index (χ1n) is 6.73. The van der Waals surface area contributed by atoms with Gasteiger partial charge in [-0.3, -0.25) is 9.59 Å². The molecular weight excluding hydrogens is 326 g/mol. The largest absolute Gasteiger partial charge is 0.481 e. The van der Waals surface area contributed by atoms with Crippen LogP contribution in [0.2, 0.25) is 0 Å². The lowest BCUT2D eigenvalue weighted by atomic mass is 10.1. The molecular formula is C14H19NO5S2. The van der Waals surface area contributed by atoms with Crippen molar-refractivity contribution >= 4 is 33.5 Å². The molecule has 0 unspecified atom stereocenters. The van der Waals surface area contributed by atoms with E-state index in [0.717, 1.165) is 5.56 Å². The van der Waals surface area contributed by atoms with E-state index in [2.05, 4.69) is 5.32 Å². The van der Waals surface area contributed by atoms with Gasteiger partial charge in [0.05, 0.1) is 22.8 Å². The van der Waals surface area contributed by atoms with Crippen LogP contribution in [0.15, 0.2) is 29.2 Å². The zero-order chi connectivity index (χ0) is 16.6. The molecule has 0 atom stereocenters. The summed E-state index contributed by atoms with van der Waals surface area (Å²) in [6, 6.07) is 6.26. The molecule has 0 saturated heterocycles. The second-order valence-corrected chi connectivity index (χ2v) is 7.90. The number of sulfone groups is 1. The highest BCUT2D eigenvalue weighted by Gasteiger charge is 2.11. The van der Waals surface area contributed by atoms with Crippen molar-refractivity contribution in [1.82, 2.24) is 5.32 Å². The Kier molecular flexibility index (Phi) is 7.40. The number of hydrogen-bond acceptors (Lipinski definition) is 5. The average Bonchev–Trinajstić information content (AvgIpc) is 2.47. The predicted octanol–water partition coefficient (Wildman–Crippen LogP) is 0.957. The number of hydrogen-bond donors (Lipinski definition) is 2. The number of carbonyl (C=O) groups is 2. The van der Waals surface area contributed by atoms with Gasteiger partial charge in [-0.25, -0.2) is 8.42 Å². The van der Waals surface area contributed by atoms with E-state index >= 15 is 0 Å². The number of thioether (sulfide) groups is 1. The molecule has 0 saturated carbocycles. The smallest absolute Gasteiger partial charge is 0.313 e. The van der Waals surface area contributed by atoms with E-state index in [1.165, 1.54) is 23.9 Å². The highest BCUT2D eigenvalue weighted by molar-refractivity contribution is 7.99. The Morgan fingerprint density at radius 2 is 1.86 bits per heavy atom. The maximum atomic E-state index is 11.7. The summed E-state index contributed by atoms with van der Waals surface area (Å²) in [7, 11) is -3.22. The third-order valence-corrected chi connectivity index (χ3v) is 5.52. The van der Waals surface area contributed by atoms with Crippen molar-refractivity contribution in [3.05, 3.63) is 29.8 Å². The van der Waals surface area contributed by atoms with Gasteiger partial charge in [0.1, 0.15) is 0 Å². The summed E-state index contributed by atoms with van der Waals surface area (Å²) >= 11 is 1.24. The Balaban J connectivity index is 2.40. The third kappa shape index (κ3) is 6.48. The number of aliphatic carboxylic acids is 1. The number of amides is 1. The molecule has 1 rings (SSSR count). The van der Waals surface area contributed by atoms with Crippen LogP contribution >= 0.6 is 11.8 Å². The maximum absolute atomic E-state index is 11.7. The normalized spacial score (nSPS) is 11.1. The van der Waals surface area contributed by atoms with Gasteiger partial charge >= 0.3 is 5.97 Å². The highest BCUT2D eigenvalue weighted by atomic mass is 32.2. The number of carboxylic acid groups (broad SMARTS) is 1. The van der Waals surface area contributed by atoms with Crippen LogP contribution in [0.1, 0.15) is 12.5 Å². The molecule has 2 N–H and O–H groups in total. The summed E-state index contributed by atoms with van der Waals surface area (Å²) in [6.07, 6.45) is 0.163. The second-order valence-electron chi connectivity index (χ2n) is 4.52. The molecule has 0 heterocycles. The van der Waals surface area contributed by atoms with Crippen LogP contribution in [0.3, 0.4) is 0 Å². The van der Waals surface area contributed by atoms with Gasteiger partial charge in [0.25, 0.3) is 0 Å². The fourth-order valence-electron chi connectivity index (χ4n) is 1.65. The summed E-state index contributed by atoms with van der Waals surface area (Å²) in [4.78, 5) is 22.3. The first-order valence-corrected chi connectivity index (χ1v) is 9.53. The molecule has 1 aromatic carbocycles.